The van der Waals surface area contributed by atoms with E-state index in [1.165, 1.54) is 0 Å². The van der Waals surface area contributed by atoms with Crippen LogP contribution in [-0.2, 0) is 14.4 Å². The first-order chi connectivity index (χ1) is 17.3. The normalized spacial score (nSPS) is 14.3. The van der Waals surface area contributed by atoms with Crippen LogP contribution in [0.3, 0.4) is 0 Å². The van der Waals surface area contributed by atoms with Crippen molar-refractivity contribution in [3.63, 3.8) is 0 Å². The van der Waals surface area contributed by atoms with E-state index in [9.17, 15) is 14.4 Å². The molecule has 1 N–H and O–H groups in total. The predicted molar refractivity (Wildman–Crippen MR) is 136 cm³/mol. The summed E-state index contributed by atoms with van der Waals surface area (Å²) in [6, 6.07) is 14.9. The van der Waals surface area contributed by atoms with Gasteiger partial charge in [-0.05, 0) is 66.9 Å². The van der Waals surface area contributed by atoms with Gasteiger partial charge in [-0.15, -0.1) is 5.06 Å². The zero-order chi connectivity index (χ0) is 25.6. The van der Waals surface area contributed by atoms with E-state index in [0.717, 1.165) is 44.9 Å². The van der Waals surface area contributed by atoms with Crippen LogP contribution in [0, 0.1) is 13.8 Å². The second kappa shape index (κ2) is 9.00. The van der Waals surface area contributed by atoms with Crippen molar-refractivity contribution in [1.29, 1.82) is 0 Å². The van der Waals surface area contributed by atoms with Crippen LogP contribution in [-0.4, -0.2) is 29.4 Å². The molecule has 0 aromatic heterocycles. The molecule has 3 aromatic carbocycles. The van der Waals surface area contributed by atoms with Gasteiger partial charge < -0.3 is 14.9 Å². The Kier molecular flexibility index (Phi) is 5.84. The minimum Gasteiger partial charge on any atom is -0.456 e. The van der Waals surface area contributed by atoms with Crippen molar-refractivity contribution in [3.8, 4) is 11.5 Å². The summed E-state index contributed by atoms with van der Waals surface area (Å²) in [6.07, 6.45) is 0.0621. The average Bonchev–Trinajstić information content (AvgIpc) is 3.17. The lowest BCUT2D eigenvalue weighted by Gasteiger charge is -2.24. The van der Waals surface area contributed by atoms with Gasteiger partial charge in [0.2, 0.25) is 0 Å². The van der Waals surface area contributed by atoms with Crippen LogP contribution >= 0.6 is 0 Å². The molecular weight excluding hydrogens is 456 g/mol. The van der Waals surface area contributed by atoms with Crippen molar-refractivity contribution in [2.24, 2.45) is 0 Å². The summed E-state index contributed by atoms with van der Waals surface area (Å²) in [5, 5.41) is 5.59. The summed E-state index contributed by atoms with van der Waals surface area (Å²) in [4.78, 5) is 42.7. The number of anilines is 1. The number of hydrogen-bond acceptors (Lipinski definition) is 6. The molecule has 0 unspecified atom stereocenters. The number of fused-ring (bicyclic) bond motifs is 2. The standard InChI is InChI=1S/C29H26N2O5/c1-5-30-23-15-25-22(13-18(23)4)28(21-12-16(2)17(3)14-24(21)35-25)19-8-6-7-9-20(19)29(34)36-31-26(32)10-11-27(31)33/h6-9,12-15,30H,3,5,10-11H2,1-2,4H3. The number of nitrogens with one attached hydrogen (secondary N) is 1. The summed E-state index contributed by atoms with van der Waals surface area (Å²) in [5.41, 5.74) is 5.44. The molecule has 0 spiro atoms. The van der Waals surface area contributed by atoms with Crippen LogP contribution in [0.25, 0.3) is 12.2 Å². The molecule has 0 atom stereocenters. The van der Waals surface area contributed by atoms with Crippen LogP contribution < -0.4 is 20.5 Å². The highest BCUT2D eigenvalue weighted by atomic mass is 16.7. The largest absolute Gasteiger partial charge is 0.456 e. The Bertz CT molecular complexity index is 1540. The van der Waals surface area contributed by atoms with Gasteiger partial charge in [-0.25, -0.2) is 4.79 Å². The predicted octanol–water partition coefficient (Wildman–Crippen LogP) is 3.72. The van der Waals surface area contributed by atoms with Gasteiger partial charge in [-0.2, -0.15) is 0 Å². The fraction of sp³-hybridized carbons (Fsp3) is 0.207. The third-order valence-corrected chi connectivity index (χ3v) is 6.49. The lowest BCUT2D eigenvalue weighted by atomic mass is 9.88. The molecule has 2 aliphatic heterocycles. The zero-order valence-electron chi connectivity index (χ0n) is 20.4. The summed E-state index contributed by atoms with van der Waals surface area (Å²) in [7, 11) is 0. The number of carbonyl (C=O) groups is 3. The van der Waals surface area contributed by atoms with Crippen molar-refractivity contribution in [2.75, 3.05) is 11.9 Å². The molecule has 7 nitrogen and oxygen atoms in total. The van der Waals surface area contributed by atoms with Crippen molar-refractivity contribution in [1.82, 2.24) is 5.06 Å². The summed E-state index contributed by atoms with van der Waals surface area (Å²) < 4.78 is 6.33. The molecule has 0 aliphatic carbocycles. The highest BCUT2D eigenvalue weighted by Gasteiger charge is 2.34. The maximum absolute atomic E-state index is 13.3. The summed E-state index contributed by atoms with van der Waals surface area (Å²) in [6.45, 7) is 10.9. The van der Waals surface area contributed by atoms with Gasteiger partial charge in [-0.3, -0.25) is 9.59 Å². The van der Waals surface area contributed by atoms with E-state index in [2.05, 4.69) is 11.9 Å². The molecule has 3 aromatic rings. The van der Waals surface area contributed by atoms with E-state index in [1.807, 2.05) is 57.2 Å². The highest BCUT2D eigenvalue weighted by molar-refractivity contribution is 6.04. The van der Waals surface area contributed by atoms with Crippen molar-refractivity contribution >= 4 is 35.6 Å². The van der Waals surface area contributed by atoms with E-state index in [4.69, 9.17) is 9.57 Å². The van der Waals surface area contributed by atoms with E-state index in [1.54, 1.807) is 12.1 Å². The number of hydroxylamine groups is 2. The topological polar surface area (TPSA) is 84.9 Å². The number of rotatable bonds is 5. The summed E-state index contributed by atoms with van der Waals surface area (Å²) in [5.74, 6) is -0.540. The van der Waals surface area contributed by atoms with Gasteiger partial charge in [-0.1, -0.05) is 24.8 Å². The SMILES string of the molecule is C=c1cc2c(cc1C)=C(c1ccccc1C(=O)ON1C(=O)CCC1=O)c1cc(C)c(NCC)cc1O2. The number of imide groups is 1. The Hall–Kier alpha value is -4.39. The first kappa shape index (κ1) is 23.4. The lowest BCUT2D eigenvalue weighted by molar-refractivity contribution is -0.172. The molecule has 1 saturated heterocycles. The first-order valence-corrected chi connectivity index (χ1v) is 11.9. The van der Waals surface area contributed by atoms with Crippen molar-refractivity contribution < 1.29 is 24.0 Å². The molecule has 1 fully saturated rings. The smallest absolute Gasteiger partial charge is 0.364 e. The molecule has 0 radical (unpaired) electrons. The van der Waals surface area contributed by atoms with Crippen molar-refractivity contribution in [2.45, 2.75) is 33.6 Å². The Morgan fingerprint density at radius 1 is 1.00 bits per heavy atom. The molecule has 2 heterocycles. The monoisotopic (exact) mass is 482 g/mol. The maximum atomic E-state index is 13.3. The third-order valence-electron chi connectivity index (χ3n) is 6.49. The lowest BCUT2D eigenvalue weighted by Crippen LogP contribution is -2.32. The number of hydrogen-bond donors (Lipinski definition) is 1. The van der Waals surface area contributed by atoms with E-state index in [-0.39, 0.29) is 18.4 Å². The Balaban J connectivity index is 1.74. The molecule has 182 valence electrons. The molecule has 36 heavy (non-hydrogen) atoms. The van der Waals surface area contributed by atoms with Crippen LogP contribution in [0.15, 0.2) is 48.5 Å². The number of amides is 2. The molecule has 0 saturated carbocycles. The second-order valence-corrected chi connectivity index (χ2v) is 8.95. The van der Waals surface area contributed by atoms with E-state index >= 15 is 0 Å². The molecular formula is C29H26N2O5. The fourth-order valence-electron chi connectivity index (χ4n) is 4.58. The first-order valence-electron chi connectivity index (χ1n) is 11.9. The molecule has 0 bridgehead atoms. The highest BCUT2D eigenvalue weighted by Crippen LogP contribution is 2.40. The Labute approximate surface area is 208 Å². The third kappa shape index (κ3) is 3.92. The molecule has 7 heteroatoms. The van der Waals surface area contributed by atoms with E-state index < -0.39 is 17.8 Å². The van der Waals surface area contributed by atoms with Crippen LogP contribution in [0.2, 0.25) is 0 Å². The second-order valence-electron chi connectivity index (χ2n) is 8.95. The van der Waals surface area contributed by atoms with Gasteiger partial charge in [0.1, 0.15) is 11.5 Å². The van der Waals surface area contributed by atoms with Gasteiger partial charge in [0, 0.05) is 47.5 Å². The van der Waals surface area contributed by atoms with Gasteiger partial charge >= 0.3 is 5.97 Å². The number of aryl methyl sites for hydroxylation is 2. The molecule has 2 amide bonds. The number of carbonyl (C=O) groups excluding carboxylic acids is 3. The van der Waals surface area contributed by atoms with Crippen molar-refractivity contribution in [3.05, 3.63) is 86.8 Å². The quantitative estimate of drug-likeness (QED) is 0.437. The van der Waals surface area contributed by atoms with E-state index in [0.29, 0.717) is 22.1 Å². The number of benzene rings is 3. The maximum Gasteiger partial charge on any atom is 0.364 e. The fourth-order valence-corrected chi connectivity index (χ4v) is 4.58. The van der Waals surface area contributed by atoms with Crippen LogP contribution in [0.5, 0.6) is 11.5 Å². The Morgan fingerprint density at radius 3 is 2.44 bits per heavy atom. The zero-order valence-corrected chi connectivity index (χ0v) is 20.4. The number of nitrogens with zero attached hydrogens (tertiary/aromatic N) is 1. The average molecular weight is 483 g/mol. The van der Waals surface area contributed by atoms with Crippen LogP contribution in [0.1, 0.15) is 52.4 Å². The number of ether oxygens (including phenoxy) is 1. The Morgan fingerprint density at radius 2 is 1.72 bits per heavy atom. The summed E-state index contributed by atoms with van der Waals surface area (Å²) >= 11 is 0. The van der Waals surface area contributed by atoms with Gasteiger partial charge in [0.05, 0.1) is 5.56 Å². The van der Waals surface area contributed by atoms with Gasteiger partial charge in [0.25, 0.3) is 11.8 Å². The minimum absolute atomic E-state index is 0.0310. The van der Waals surface area contributed by atoms with Gasteiger partial charge in [0.15, 0.2) is 0 Å². The molecule has 5 rings (SSSR count). The van der Waals surface area contributed by atoms with Crippen LogP contribution in [0.4, 0.5) is 5.69 Å². The molecule has 2 aliphatic rings. The minimum atomic E-state index is -0.775.